The highest BCUT2D eigenvalue weighted by Gasteiger charge is 2.31. The van der Waals surface area contributed by atoms with Gasteiger partial charge in [0.2, 0.25) is 0 Å². The Morgan fingerprint density at radius 1 is 0.773 bits per heavy atom. The van der Waals surface area contributed by atoms with Crippen LogP contribution in [0.5, 0.6) is 0 Å². The maximum absolute atomic E-state index is 13.8. The number of alkyl halides is 3. The van der Waals surface area contributed by atoms with E-state index in [9.17, 15) is 30.7 Å². The Morgan fingerprint density at radius 3 is 1.59 bits per heavy atom. The molecule has 0 aliphatic rings. The molecule has 2 aromatic rings. The zero-order valence-corrected chi connectivity index (χ0v) is 10.4. The molecule has 0 aliphatic heterocycles. The molecule has 0 fully saturated rings. The average molecular weight is 319 g/mol. The van der Waals surface area contributed by atoms with Crippen LogP contribution in [0.1, 0.15) is 11.1 Å². The Balaban J connectivity index is 2.67. The van der Waals surface area contributed by atoms with Crippen LogP contribution in [-0.4, -0.2) is 0 Å². The van der Waals surface area contributed by atoms with Crippen LogP contribution in [0.3, 0.4) is 0 Å². The summed E-state index contributed by atoms with van der Waals surface area (Å²) in [7, 11) is 0. The van der Waals surface area contributed by atoms with Crippen molar-refractivity contribution in [3.63, 3.8) is 0 Å². The van der Waals surface area contributed by atoms with Crippen molar-refractivity contribution in [2.75, 3.05) is 0 Å². The third kappa shape index (κ3) is 2.50. The first-order valence-corrected chi connectivity index (χ1v) is 5.62. The van der Waals surface area contributed by atoms with E-state index < -0.39 is 51.7 Å². The van der Waals surface area contributed by atoms with Gasteiger partial charge in [-0.1, -0.05) is 12.1 Å². The summed E-state index contributed by atoms with van der Waals surface area (Å²) >= 11 is 0. The van der Waals surface area contributed by atoms with Crippen LogP contribution >= 0.6 is 0 Å². The van der Waals surface area contributed by atoms with Gasteiger partial charge in [-0.05, 0) is 17.7 Å². The van der Waals surface area contributed by atoms with Crippen LogP contribution < -0.4 is 0 Å². The molecule has 0 spiro atoms. The fourth-order valence-electron chi connectivity index (χ4n) is 1.81. The van der Waals surface area contributed by atoms with Gasteiger partial charge in [-0.15, -0.1) is 0 Å². The van der Waals surface area contributed by atoms with E-state index in [2.05, 4.69) is 0 Å². The van der Waals surface area contributed by atoms with E-state index in [4.69, 9.17) is 5.26 Å². The average Bonchev–Trinajstić information content (AvgIpc) is 2.46. The molecule has 0 aliphatic carbocycles. The first kappa shape index (κ1) is 15.8. The van der Waals surface area contributed by atoms with Crippen LogP contribution in [0, 0.1) is 34.6 Å². The maximum Gasteiger partial charge on any atom is 0.416 e. The van der Waals surface area contributed by atoms with Crippen LogP contribution in [0.15, 0.2) is 24.3 Å². The highest BCUT2D eigenvalue weighted by Crippen LogP contribution is 2.34. The number of hydrogen-bond acceptors (Lipinski definition) is 1. The van der Waals surface area contributed by atoms with Crippen molar-refractivity contribution < 1.29 is 30.7 Å². The summed E-state index contributed by atoms with van der Waals surface area (Å²) in [5.41, 5.74) is -4.20. The summed E-state index contributed by atoms with van der Waals surface area (Å²) in [6, 6.07) is 3.36. The predicted molar refractivity (Wildman–Crippen MR) is 61.4 cm³/mol. The topological polar surface area (TPSA) is 23.8 Å². The molecule has 2 aromatic carbocycles. The maximum atomic E-state index is 13.8. The van der Waals surface area contributed by atoms with Crippen molar-refractivity contribution in [3.05, 3.63) is 58.7 Å². The quantitative estimate of drug-likeness (QED) is 0.547. The molecule has 8 heteroatoms. The van der Waals surface area contributed by atoms with Gasteiger partial charge in [-0.25, -0.2) is 17.6 Å². The molecule has 0 bridgehead atoms. The van der Waals surface area contributed by atoms with Crippen LogP contribution in [-0.2, 0) is 6.18 Å². The van der Waals surface area contributed by atoms with Crippen molar-refractivity contribution in [2.45, 2.75) is 6.18 Å². The van der Waals surface area contributed by atoms with Crippen molar-refractivity contribution in [2.24, 2.45) is 0 Å². The van der Waals surface area contributed by atoms with Gasteiger partial charge in [0.15, 0.2) is 23.3 Å². The third-order valence-electron chi connectivity index (χ3n) is 2.88. The molecular formula is C14H4F7N. The Hall–Kier alpha value is -2.56. The fraction of sp³-hybridized carbons (Fsp3) is 0.0714. The minimum atomic E-state index is -4.67. The zero-order valence-electron chi connectivity index (χ0n) is 10.4. The van der Waals surface area contributed by atoms with Crippen LogP contribution in [0.2, 0.25) is 0 Å². The fourth-order valence-corrected chi connectivity index (χ4v) is 1.81. The molecule has 114 valence electrons. The van der Waals surface area contributed by atoms with Gasteiger partial charge >= 0.3 is 6.18 Å². The van der Waals surface area contributed by atoms with Gasteiger partial charge < -0.3 is 0 Å². The second-order valence-electron chi connectivity index (χ2n) is 4.19. The van der Waals surface area contributed by atoms with Gasteiger partial charge in [-0.2, -0.15) is 18.4 Å². The number of halogens is 7. The van der Waals surface area contributed by atoms with Crippen molar-refractivity contribution in [3.8, 4) is 17.2 Å². The molecule has 2 rings (SSSR count). The minimum absolute atomic E-state index is 0.495. The number of hydrogen-bond donors (Lipinski definition) is 0. The standard InChI is InChI=1S/C14H4F7N/c15-10-8(5-22)11(16)13(18)9(12(10)17)6-1-3-7(4-2-6)14(19,20)21/h1-4H. The molecule has 0 heterocycles. The summed E-state index contributed by atoms with van der Waals surface area (Å²) < 4.78 is 91.7. The lowest BCUT2D eigenvalue weighted by Gasteiger charge is -2.11. The summed E-state index contributed by atoms with van der Waals surface area (Å²) in [5.74, 6) is -7.52. The highest BCUT2D eigenvalue weighted by atomic mass is 19.4. The van der Waals surface area contributed by atoms with E-state index >= 15 is 0 Å². The number of nitrogens with zero attached hydrogens (tertiary/aromatic N) is 1. The Labute approximate surface area is 119 Å². The van der Waals surface area contributed by atoms with Gasteiger partial charge in [0.1, 0.15) is 11.6 Å². The van der Waals surface area contributed by atoms with Crippen molar-refractivity contribution in [1.82, 2.24) is 0 Å². The van der Waals surface area contributed by atoms with Crippen molar-refractivity contribution in [1.29, 1.82) is 5.26 Å². The molecule has 1 nitrogen and oxygen atoms in total. The monoisotopic (exact) mass is 319 g/mol. The minimum Gasteiger partial charge on any atom is -0.203 e. The van der Waals surface area contributed by atoms with Gasteiger partial charge in [0.05, 0.1) is 11.1 Å². The lowest BCUT2D eigenvalue weighted by molar-refractivity contribution is -0.137. The SMILES string of the molecule is N#Cc1c(F)c(F)c(-c2ccc(C(F)(F)F)cc2)c(F)c1F. The van der Waals surface area contributed by atoms with Crippen molar-refractivity contribution >= 4 is 0 Å². The number of nitriles is 1. The van der Waals surface area contributed by atoms with Crippen LogP contribution in [0.4, 0.5) is 30.7 Å². The van der Waals surface area contributed by atoms with E-state index in [0.717, 1.165) is 6.07 Å². The van der Waals surface area contributed by atoms with Gasteiger partial charge in [-0.3, -0.25) is 0 Å². The molecular weight excluding hydrogens is 315 g/mol. The Kier molecular flexibility index (Phi) is 3.83. The second-order valence-corrected chi connectivity index (χ2v) is 4.19. The molecule has 0 N–H and O–H groups in total. The Morgan fingerprint density at radius 2 is 1.23 bits per heavy atom. The summed E-state index contributed by atoms with van der Waals surface area (Å²) in [6.45, 7) is 0. The normalized spacial score (nSPS) is 11.4. The number of rotatable bonds is 1. The summed E-state index contributed by atoms with van der Waals surface area (Å²) in [5, 5.41) is 8.45. The molecule has 0 saturated heterocycles. The summed E-state index contributed by atoms with van der Waals surface area (Å²) in [4.78, 5) is 0. The predicted octanol–water partition coefficient (Wildman–Crippen LogP) is 4.80. The molecule has 0 amide bonds. The van der Waals surface area contributed by atoms with Crippen LogP contribution in [0.25, 0.3) is 11.1 Å². The van der Waals surface area contributed by atoms with Gasteiger partial charge in [0.25, 0.3) is 0 Å². The first-order chi connectivity index (χ1) is 10.2. The highest BCUT2D eigenvalue weighted by molar-refractivity contribution is 5.67. The van der Waals surface area contributed by atoms with E-state index in [1.54, 1.807) is 0 Å². The first-order valence-electron chi connectivity index (χ1n) is 5.62. The molecule has 0 unspecified atom stereocenters. The molecule has 0 aromatic heterocycles. The van der Waals surface area contributed by atoms with Gasteiger partial charge in [0, 0.05) is 0 Å². The molecule has 0 saturated carbocycles. The zero-order chi connectivity index (χ0) is 16.7. The number of benzene rings is 2. The van der Waals surface area contributed by atoms with E-state index in [0.29, 0.717) is 24.3 Å². The second kappa shape index (κ2) is 5.33. The molecule has 22 heavy (non-hydrogen) atoms. The van der Waals surface area contributed by atoms with E-state index in [-0.39, 0.29) is 0 Å². The third-order valence-corrected chi connectivity index (χ3v) is 2.88. The molecule has 0 radical (unpaired) electrons. The van der Waals surface area contributed by atoms with E-state index in [1.165, 1.54) is 0 Å². The Bertz CT molecular complexity index is 741. The smallest absolute Gasteiger partial charge is 0.203 e. The molecule has 0 atom stereocenters. The largest absolute Gasteiger partial charge is 0.416 e. The van der Waals surface area contributed by atoms with E-state index in [1.807, 2.05) is 0 Å². The summed E-state index contributed by atoms with van der Waals surface area (Å²) in [6.07, 6.45) is -4.67. The lowest BCUT2D eigenvalue weighted by atomic mass is 10.00. The lowest BCUT2D eigenvalue weighted by Crippen LogP contribution is -2.06.